The zero-order valence-electron chi connectivity index (χ0n) is 42.5. The van der Waals surface area contributed by atoms with Crippen LogP contribution in [0, 0.1) is 35.5 Å². The number of methoxy groups -OCH3 is 3. The Morgan fingerprint density at radius 2 is 1.64 bits per heavy atom. The van der Waals surface area contributed by atoms with Gasteiger partial charge in [-0.1, -0.05) is 71.1 Å². The lowest BCUT2D eigenvalue weighted by atomic mass is 9.77. The highest BCUT2D eigenvalue weighted by Crippen LogP contribution is 2.39. The zero-order chi connectivity index (χ0) is 50.6. The number of aliphatic hydroxyl groups excluding tert-OH is 1. The van der Waals surface area contributed by atoms with Gasteiger partial charge in [0.2, 0.25) is 5.79 Å². The fourth-order valence-electron chi connectivity index (χ4n) is 10.7. The first kappa shape index (κ1) is 55.7. The molecule has 11 unspecified atom stereocenters. The molecule has 1 amide bonds. The molecule has 1 aromatic rings. The van der Waals surface area contributed by atoms with E-state index in [1.54, 1.807) is 52.1 Å². The van der Waals surface area contributed by atoms with Gasteiger partial charge in [0, 0.05) is 58.5 Å². The largest absolute Gasteiger partial charge is 0.460 e. The van der Waals surface area contributed by atoms with Crippen LogP contribution in [-0.4, -0.2) is 141 Å². The van der Waals surface area contributed by atoms with Crippen LogP contribution in [0.4, 0.5) is 0 Å². The van der Waals surface area contributed by atoms with Gasteiger partial charge in [0.25, 0.3) is 11.7 Å². The predicted molar refractivity (Wildman–Crippen MR) is 256 cm³/mol. The molecular formula is C52H79N5O12. The molecule has 4 aliphatic rings. The number of nitrogens with zero attached hydrogens (tertiary/aromatic N) is 5. The molecule has 15 atom stereocenters. The monoisotopic (exact) mass is 966 g/mol. The minimum Gasteiger partial charge on any atom is -0.460 e. The van der Waals surface area contributed by atoms with E-state index in [0.29, 0.717) is 56.9 Å². The molecule has 4 heterocycles. The van der Waals surface area contributed by atoms with Gasteiger partial charge in [-0.15, -0.1) is 5.10 Å². The number of allylic oxidation sites excluding steroid dienone is 6. The fourth-order valence-corrected chi connectivity index (χ4v) is 10.7. The van der Waals surface area contributed by atoms with Crippen LogP contribution < -0.4 is 0 Å². The highest BCUT2D eigenvalue weighted by molar-refractivity contribution is 6.39. The van der Waals surface area contributed by atoms with E-state index in [1.807, 2.05) is 58.1 Å². The smallest absolute Gasteiger partial charge is 0.329 e. The van der Waals surface area contributed by atoms with Crippen molar-refractivity contribution in [3.63, 3.8) is 0 Å². The summed E-state index contributed by atoms with van der Waals surface area (Å²) in [5.41, 5.74) is 1.27. The van der Waals surface area contributed by atoms with Gasteiger partial charge < -0.3 is 38.8 Å². The van der Waals surface area contributed by atoms with Crippen molar-refractivity contribution in [2.45, 2.75) is 180 Å². The molecule has 0 spiro atoms. The molecule has 0 aromatic carbocycles. The molecule has 0 radical (unpaired) electrons. The first-order chi connectivity index (χ1) is 32.8. The molecule has 17 heteroatoms. The maximum Gasteiger partial charge on any atom is 0.329 e. The molecular weight excluding hydrogens is 887 g/mol. The number of hydrogen-bond acceptors (Lipinski definition) is 15. The van der Waals surface area contributed by atoms with Gasteiger partial charge >= 0.3 is 5.97 Å². The second kappa shape index (κ2) is 25.7. The molecule has 2 bridgehead atoms. The second-order valence-corrected chi connectivity index (χ2v) is 20.4. The molecule has 5 rings (SSSR count). The van der Waals surface area contributed by atoms with Crippen molar-refractivity contribution in [2.24, 2.45) is 35.5 Å². The molecule has 1 aliphatic carbocycles. The summed E-state index contributed by atoms with van der Waals surface area (Å²) in [7, 11) is 4.62. The van der Waals surface area contributed by atoms with E-state index in [9.17, 15) is 34.2 Å². The van der Waals surface area contributed by atoms with E-state index >= 15 is 0 Å². The van der Waals surface area contributed by atoms with Crippen molar-refractivity contribution in [3.8, 4) is 0 Å². The van der Waals surface area contributed by atoms with E-state index in [0.717, 1.165) is 18.4 Å². The van der Waals surface area contributed by atoms with Crippen molar-refractivity contribution in [1.29, 1.82) is 0 Å². The molecule has 2 saturated heterocycles. The van der Waals surface area contributed by atoms with Crippen LogP contribution in [0.3, 0.4) is 0 Å². The van der Waals surface area contributed by atoms with Crippen LogP contribution in [0.5, 0.6) is 0 Å². The number of carbonyl (C=O) groups excluding carboxylic acids is 5. The number of ether oxygens (including phenoxy) is 5. The average molecular weight is 966 g/mol. The lowest BCUT2D eigenvalue weighted by Gasteiger charge is -2.42. The van der Waals surface area contributed by atoms with Crippen LogP contribution in [0.15, 0.2) is 53.9 Å². The lowest BCUT2D eigenvalue weighted by molar-refractivity contribution is -0.265. The second-order valence-electron chi connectivity index (χ2n) is 20.4. The highest BCUT2D eigenvalue weighted by Gasteiger charge is 2.53. The third-order valence-electron chi connectivity index (χ3n) is 15.2. The van der Waals surface area contributed by atoms with Crippen LogP contribution >= 0.6 is 0 Å². The predicted octanol–water partition coefficient (Wildman–Crippen LogP) is 6.05. The van der Waals surface area contributed by atoms with Crippen molar-refractivity contribution >= 4 is 29.2 Å². The van der Waals surface area contributed by atoms with Gasteiger partial charge in [-0.3, -0.25) is 19.2 Å². The van der Waals surface area contributed by atoms with Gasteiger partial charge in [-0.25, -0.2) is 9.48 Å². The molecule has 3 fully saturated rings. The lowest BCUT2D eigenvalue weighted by Crippen LogP contribution is -2.61. The standard InChI is InChI=1S/C52H79N5O12/c1-31-16-12-11-13-17-32(2)43(65-8)28-39-21-19-37(7)52(64,69-39)49(61)50(62)56-23-15-14-18-41(56)51(63)68-44(34(4)26-38-20-22-40(45(27-38)66-9)57-30-53-54-55-57)29-42(58)33(3)25-36(6)47(60)48(67-10)46(59)35(5)24-31/h11-13,16-17,25,30-31,33-35,37-41,43-45,47-48,60,64H,14-15,18-24,26-29H2,1-10H3/t31?,33?,34?,35?,37?,38?,39-,40?,41+,43?,44+,45?,47?,48?,52+/m0/s1. The summed E-state index contributed by atoms with van der Waals surface area (Å²) in [5, 5.41) is 35.2. The number of Topliss-reactive ketones (excluding diaryl/α,β-unsaturated/α-hetero) is 3. The number of tetrazole rings is 1. The van der Waals surface area contributed by atoms with Gasteiger partial charge in [-0.2, -0.15) is 0 Å². The number of piperidine rings is 1. The van der Waals surface area contributed by atoms with Gasteiger partial charge in [0.15, 0.2) is 5.78 Å². The summed E-state index contributed by atoms with van der Waals surface area (Å²) in [6.07, 6.45) is 13.9. The SMILES string of the molecule is COC1C[C@@H]2CCC(C)[C@@](O)(O2)C(=O)C(=O)N2CCCC[C@@H]2C(=O)O[C@@H](C(C)CC2CCC(n3cnnn3)C(OC)C2)CC(=O)C(C)C=C(C)C(O)C(OC)C(=O)C(C)CC(C)C=CC=CC=C1C. The summed E-state index contributed by atoms with van der Waals surface area (Å²) in [5.74, 6) is -7.92. The molecule has 1 saturated carbocycles. The van der Waals surface area contributed by atoms with Gasteiger partial charge in [0.1, 0.15) is 36.5 Å². The number of amides is 1. The summed E-state index contributed by atoms with van der Waals surface area (Å²) in [6.45, 7) is 12.8. The van der Waals surface area contributed by atoms with E-state index in [-0.39, 0.29) is 60.9 Å². The summed E-state index contributed by atoms with van der Waals surface area (Å²) >= 11 is 0. The highest BCUT2D eigenvalue weighted by atomic mass is 16.6. The van der Waals surface area contributed by atoms with Crippen LogP contribution in [0.25, 0.3) is 0 Å². The Balaban J connectivity index is 1.46. The number of cyclic esters (lactones) is 1. The molecule has 3 aliphatic heterocycles. The Morgan fingerprint density at radius 1 is 0.884 bits per heavy atom. The Hall–Kier alpha value is -4.26. The van der Waals surface area contributed by atoms with E-state index < -0.39 is 77.8 Å². The maximum atomic E-state index is 14.5. The Kier molecular flexibility index (Phi) is 20.8. The van der Waals surface area contributed by atoms with E-state index in [2.05, 4.69) is 15.5 Å². The molecule has 69 heavy (non-hydrogen) atoms. The van der Waals surface area contributed by atoms with Crippen LogP contribution in [0.2, 0.25) is 0 Å². The Labute approximate surface area is 408 Å². The number of fused-ring (bicyclic) bond motifs is 3. The summed E-state index contributed by atoms with van der Waals surface area (Å²) in [6, 6.07) is -1.19. The van der Waals surface area contributed by atoms with Crippen molar-refractivity contribution in [1.82, 2.24) is 25.1 Å². The van der Waals surface area contributed by atoms with Crippen LogP contribution in [-0.2, 0) is 47.7 Å². The van der Waals surface area contributed by atoms with Gasteiger partial charge in [-0.05, 0) is 117 Å². The van der Waals surface area contributed by atoms with Crippen molar-refractivity contribution in [2.75, 3.05) is 27.9 Å². The fraction of sp³-hybridized carbons (Fsp3) is 0.731. The Bertz CT molecular complexity index is 2020. The third-order valence-corrected chi connectivity index (χ3v) is 15.2. The normalized spacial score (nSPS) is 36.3. The first-order valence-electron chi connectivity index (χ1n) is 25.0. The number of aliphatic hydroxyl groups is 2. The minimum atomic E-state index is -2.43. The minimum absolute atomic E-state index is 0.0170. The topological polar surface area (TPSA) is 219 Å². The molecule has 1 aromatic heterocycles. The number of hydrogen-bond donors (Lipinski definition) is 2. The molecule has 2 N–H and O–H groups in total. The third kappa shape index (κ3) is 14.2. The van der Waals surface area contributed by atoms with E-state index in [1.165, 1.54) is 12.0 Å². The number of ketones is 3. The van der Waals surface area contributed by atoms with Crippen molar-refractivity contribution < 1.29 is 57.9 Å². The number of carbonyl (C=O) groups is 5. The summed E-state index contributed by atoms with van der Waals surface area (Å²) < 4.78 is 31.6. The summed E-state index contributed by atoms with van der Waals surface area (Å²) in [4.78, 5) is 72.3. The van der Waals surface area contributed by atoms with Crippen molar-refractivity contribution in [3.05, 3.63) is 53.9 Å². The zero-order valence-corrected chi connectivity index (χ0v) is 42.5. The van der Waals surface area contributed by atoms with E-state index in [4.69, 9.17) is 23.7 Å². The van der Waals surface area contributed by atoms with Gasteiger partial charge in [0.05, 0.1) is 24.4 Å². The number of esters is 1. The quantitative estimate of drug-likeness (QED) is 0.181. The number of rotatable bonds is 7. The van der Waals surface area contributed by atoms with Crippen LogP contribution in [0.1, 0.15) is 132 Å². The molecule has 17 nitrogen and oxygen atoms in total. The Morgan fingerprint density at radius 3 is 2.32 bits per heavy atom. The molecule has 384 valence electrons. The number of aromatic nitrogens is 4. The maximum absolute atomic E-state index is 14.5. The average Bonchev–Trinajstić information content (AvgIpc) is 3.88. The first-order valence-corrected chi connectivity index (χ1v) is 25.0.